The van der Waals surface area contributed by atoms with Crippen LogP contribution >= 0.6 is 11.8 Å². The summed E-state index contributed by atoms with van der Waals surface area (Å²) in [5.41, 5.74) is 1.21. The molecule has 2 rings (SSSR count). The zero-order chi connectivity index (χ0) is 20.9. The van der Waals surface area contributed by atoms with Crippen molar-refractivity contribution in [3.05, 3.63) is 53.6 Å². The first-order valence-electron chi connectivity index (χ1n) is 8.83. The first-order valence-corrected chi connectivity index (χ1v) is 11.5. The van der Waals surface area contributed by atoms with Gasteiger partial charge < -0.3 is 10.1 Å². The molecule has 0 unspecified atom stereocenters. The van der Waals surface area contributed by atoms with Crippen molar-refractivity contribution < 1.29 is 17.9 Å². The van der Waals surface area contributed by atoms with Crippen molar-refractivity contribution in [2.45, 2.75) is 42.6 Å². The molecule has 0 bridgehead atoms. The van der Waals surface area contributed by atoms with E-state index in [0.717, 1.165) is 10.5 Å². The molecule has 6 nitrogen and oxygen atoms in total. The zero-order valence-electron chi connectivity index (χ0n) is 16.6. The van der Waals surface area contributed by atoms with Crippen LogP contribution in [0.15, 0.2) is 52.3 Å². The van der Waals surface area contributed by atoms with Crippen molar-refractivity contribution in [1.82, 2.24) is 10.0 Å². The normalized spacial score (nSPS) is 12.6. The predicted molar refractivity (Wildman–Crippen MR) is 113 cm³/mol. The minimum absolute atomic E-state index is 0.0617. The highest BCUT2D eigenvalue weighted by Crippen LogP contribution is 2.26. The molecule has 0 heterocycles. The number of thioether (sulfide) groups is 1. The monoisotopic (exact) mass is 422 g/mol. The van der Waals surface area contributed by atoms with Crippen molar-refractivity contribution in [1.29, 1.82) is 0 Å². The van der Waals surface area contributed by atoms with E-state index in [1.165, 1.54) is 19.2 Å². The summed E-state index contributed by atoms with van der Waals surface area (Å²) in [6, 6.07) is 11.8. The van der Waals surface area contributed by atoms with Gasteiger partial charge in [-0.3, -0.25) is 4.79 Å². The molecular weight excluding hydrogens is 396 g/mol. The molecule has 2 aromatic carbocycles. The summed E-state index contributed by atoms with van der Waals surface area (Å²) in [6.07, 6.45) is 2.00. The fraction of sp³-hybridized carbons (Fsp3) is 0.350. The summed E-state index contributed by atoms with van der Waals surface area (Å²) in [6.45, 7) is 5.34. The zero-order valence-corrected chi connectivity index (χ0v) is 18.3. The number of amides is 1. The van der Waals surface area contributed by atoms with Gasteiger partial charge in [-0.2, -0.15) is 0 Å². The van der Waals surface area contributed by atoms with E-state index in [-0.39, 0.29) is 34.2 Å². The van der Waals surface area contributed by atoms with Gasteiger partial charge in [-0.15, -0.1) is 11.8 Å². The molecule has 0 fully saturated rings. The van der Waals surface area contributed by atoms with E-state index < -0.39 is 10.0 Å². The maximum Gasteiger partial charge on any atom is 0.251 e. The second kappa shape index (κ2) is 9.45. The number of hydrogen-bond donors (Lipinski definition) is 2. The highest BCUT2D eigenvalue weighted by molar-refractivity contribution is 7.98. The molecule has 8 heteroatoms. The van der Waals surface area contributed by atoms with Crippen LogP contribution in [0.2, 0.25) is 0 Å². The molecule has 1 amide bonds. The van der Waals surface area contributed by atoms with E-state index in [9.17, 15) is 13.2 Å². The lowest BCUT2D eigenvalue weighted by atomic mass is 10.1. The molecule has 1 atom stereocenters. The van der Waals surface area contributed by atoms with E-state index >= 15 is 0 Å². The molecule has 152 valence electrons. The summed E-state index contributed by atoms with van der Waals surface area (Å²) in [5, 5.41) is 2.91. The van der Waals surface area contributed by atoms with Gasteiger partial charge in [0.05, 0.1) is 13.2 Å². The first kappa shape index (κ1) is 22.3. The van der Waals surface area contributed by atoms with Crippen LogP contribution in [0.5, 0.6) is 5.75 Å². The Morgan fingerprint density at radius 2 is 1.71 bits per heavy atom. The van der Waals surface area contributed by atoms with Gasteiger partial charge in [0.25, 0.3) is 5.91 Å². The number of carbonyl (C=O) groups excluding carboxylic acids is 1. The van der Waals surface area contributed by atoms with Crippen molar-refractivity contribution in [2.24, 2.45) is 0 Å². The van der Waals surface area contributed by atoms with Crippen molar-refractivity contribution in [2.75, 3.05) is 13.4 Å². The summed E-state index contributed by atoms with van der Waals surface area (Å²) in [4.78, 5) is 13.8. The number of hydrogen-bond acceptors (Lipinski definition) is 5. The fourth-order valence-corrected chi connectivity index (χ4v) is 4.51. The maximum absolute atomic E-state index is 12.7. The molecule has 0 saturated carbocycles. The Morgan fingerprint density at radius 1 is 1.07 bits per heavy atom. The summed E-state index contributed by atoms with van der Waals surface area (Å²) in [7, 11) is -2.41. The Bertz CT molecular complexity index is 926. The molecule has 0 aliphatic carbocycles. The SMILES string of the molecule is COc1ccc(C(=O)N[C@H](C)c2ccc(SC)cc2)cc1S(=O)(=O)NC(C)C. The van der Waals surface area contributed by atoms with Gasteiger partial charge in [-0.05, 0) is 62.9 Å². The van der Waals surface area contributed by atoms with Crippen molar-refractivity contribution in [3.8, 4) is 5.75 Å². The number of benzene rings is 2. The van der Waals surface area contributed by atoms with Crippen LogP contribution in [0.1, 0.15) is 42.7 Å². The average molecular weight is 423 g/mol. The molecule has 0 radical (unpaired) electrons. The highest BCUT2D eigenvalue weighted by atomic mass is 32.2. The summed E-state index contributed by atoms with van der Waals surface area (Å²) in [5.74, 6) is -0.171. The van der Waals surface area contributed by atoms with Gasteiger partial charge in [-0.25, -0.2) is 13.1 Å². The summed E-state index contributed by atoms with van der Waals surface area (Å²) >= 11 is 1.65. The Labute approximate surface area is 171 Å². The standard InChI is InChI=1S/C20H26N2O4S2/c1-13(2)22-28(24,25)19-12-16(8-11-18(19)26-4)20(23)21-14(3)15-6-9-17(27-5)10-7-15/h6-14,22H,1-5H3,(H,21,23)/t14-/m1/s1. The maximum atomic E-state index is 12.7. The molecule has 0 saturated heterocycles. The lowest BCUT2D eigenvalue weighted by Gasteiger charge is -2.17. The number of sulfonamides is 1. The van der Waals surface area contributed by atoms with Crippen LogP contribution < -0.4 is 14.8 Å². The Kier molecular flexibility index (Phi) is 7.51. The second-order valence-electron chi connectivity index (χ2n) is 6.61. The smallest absolute Gasteiger partial charge is 0.251 e. The van der Waals surface area contributed by atoms with Crippen LogP contribution in [0, 0.1) is 0 Å². The van der Waals surface area contributed by atoms with Crippen molar-refractivity contribution >= 4 is 27.7 Å². The molecule has 0 aliphatic rings. The summed E-state index contributed by atoms with van der Waals surface area (Å²) < 4.78 is 32.8. The number of rotatable bonds is 8. The van der Waals surface area contributed by atoms with Crippen LogP contribution in [0.25, 0.3) is 0 Å². The molecule has 0 spiro atoms. The molecule has 2 aromatic rings. The van der Waals surface area contributed by atoms with Crippen LogP contribution in [-0.2, 0) is 10.0 Å². The van der Waals surface area contributed by atoms with Crippen LogP contribution in [0.4, 0.5) is 0 Å². The van der Waals surface area contributed by atoms with Gasteiger partial charge >= 0.3 is 0 Å². The molecule has 0 aliphatic heterocycles. The Morgan fingerprint density at radius 3 is 2.25 bits per heavy atom. The van der Waals surface area contributed by atoms with E-state index in [4.69, 9.17) is 4.74 Å². The lowest BCUT2D eigenvalue weighted by Crippen LogP contribution is -2.31. The minimum atomic E-state index is -3.80. The number of nitrogens with one attached hydrogen (secondary N) is 2. The first-order chi connectivity index (χ1) is 13.2. The van der Waals surface area contributed by atoms with E-state index in [0.29, 0.717) is 0 Å². The van der Waals surface area contributed by atoms with E-state index in [1.807, 2.05) is 37.4 Å². The largest absolute Gasteiger partial charge is 0.495 e. The van der Waals surface area contributed by atoms with Gasteiger partial charge in [0.2, 0.25) is 10.0 Å². The van der Waals surface area contributed by atoms with E-state index in [2.05, 4.69) is 10.0 Å². The fourth-order valence-electron chi connectivity index (χ4n) is 2.66. The lowest BCUT2D eigenvalue weighted by molar-refractivity contribution is 0.0939. The van der Waals surface area contributed by atoms with Crippen LogP contribution in [-0.4, -0.2) is 33.7 Å². The quantitative estimate of drug-likeness (QED) is 0.635. The number of methoxy groups -OCH3 is 1. The van der Waals surface area contributed by atoms with Gasteiger partial charge in [0.15, 0.2) is 0 Å². The number of carbonyl (C=O) groups is 1. The third kappa shape index (κ3) is 5.50. The van der Waals surface area contributed by atoms with Gasteiger partial charge in [-0.1, -0.05) is 12.1 Å². The predicted octanol–water partition coefficient (Wildman–Crippen LogP) is 3.59. The van der Waals surface area contributed by atoms with Crippen molar-refractivity contribution in [3.63, 3.8) is 0 Å². The second-order valence-corrected chi connectivity index (χ2v) is 9.17. The van der Waals surface area contributed by atoms with E-state index in [1.54, 1.807) is 31.7 Å². The molecule has 28 heavy (non-hydrogen) atoms. The molecule has 0 aromatic heterocycles. The third-order valence-corrected chi connectivity index (χ3v) is 6.49. The van der Waals surface area contributed by atoms with Crippen LogP contribution in [0.3, 0.4) is 0 Å². The average Bonchev–Trinajstić information content (AvgIpc) is 2.66. The molecule has 2 N–H and O–H groups in total. The Hall–Kier alpha value is -2.03. The Balaban J connectivity index is 2.26. The highest BCUT2D eigenvalue weighted by Gasteiger charge is 2.23. The number of ether oxygens (including phenoxy) is 1. The molecular formula is C20H26N2O4S2. The minimum Gasteiger partial charge on any atom is -0.495 e. The van der Waals surface area contributed by atoms with Gasteiger partial charge in [0.1, 0.15) is 10.6 Å². The topological polar surface area (TPSA) is 84.5 Å². The third-order valence-electron chi connectivity index (χ3n) is 4.07. The van der Waals surface area contributed by atoms with Gasteiger partial charge in [0, 0.05) is 16.5 Å².